The van der Waals surface area contributed by atoms with Gasteiger partial charge in [-0.1, -0.05) is 0 Å². The van der Waals surface area contributed by atoms with Crippen LogP contribution in [0.1, 0.15) is 29.3 Å². The number of allylic oxidation sites excluding steroid dienone is 1. The lowest BCUT2D eigenvalue weighted by molar-refractivity contribution is -0.922. The number of hydrogen-bond donors (Lipinski definition) is 0. The van der Waals surface area contributed by atoms with Crippen LogP contribution in [0.25, 0.3) is 6.08 Å². The Morgan fingerprint density at radius 2 is 2.18 bits per heavy atom. The summed E-state index contributed by atoms with van der Waals surface area (Å²) in [4.78, 5) is 12.7. The zero-order valence-electron chi connectivity index (χ0n) is 16.2. The van der Waals surface area contributed by atoms with Gasteiger partial charge in [-0.3, -0.25) is 4.79 Å². The molecule has 6 nitrogen and oxygen atoms in total. The summed E-state index contributed by atoms with van der Waals surface area (Å²) < 4.78 is 22.9. The predicted octanol–water partition coefficient (Wildman–Crippen LogP) is 0.367. The van der Waals surface area contributed by atoms with Crippen LogP contribution in [0.3, 0.4) is 0 Å². The molecule has 3 heterocycles. The maximum Gasteiger partial charge on any atom is 0.231 e. The first-order valence-electron chi connectivity index (χ1n) is 9.06. The van der Waals surface area contributed by atoms with Crippen molar-refractivity contribution < 1.29 is 51.9 Å². The maximum absolute atomic E-state index is 12.7. The Labute approximate surface area is 181 Å². The van der Waals surface area contributed by atoms with Crippen LogP contribution in [0.15, 0.2) is 35.0 Å². The summed E-state index contributed by atoms with van der Waals surface area (Å²) in [5.74, 6) is 2.78. The number of benzene rings is 1. The molecule has 1 atom stereocenters. The van der Waals surface area contributed by atoms with E-state index in [-0.39, 0.29) is 42.6 Å². The molecule has 0 radical (unpaired) electrons. The fourth-order valence-electron chi connectivity index (χ4n) is 3.94. The van der Waals surface area contributed by atoms with Crippen molar-refractivity contribution in [1.29, 1.82) is 0 Å². The zero-order chi connectivity index (χ0) is 19.0. The van der Waals surface area contributed by atoms with E-state index in [1.807, 2.05) is 12.1 Å². The Morgan fingerprint density at radius 3 is 2.89 bits per heavy atom. The van der Waals surface area contributed by atoms with Crippen LogP contribution < -0.4 is 38.2 Å². The molecule has 2 aliphatic heterocycles. The Balaban J connectivity index is 0.00000225. The minimum Gasteiger partial charge on any atom is -1.00 e. The average molecular weight is 497 g/mol. The Morgan fingerprint density at radius 1 is 1.36 bits per heavy atom. The summed E-state index contributed by atoms with van der Waals surface area (Å²) in [6.45, 7) is 1.14. The van der Waals surface area contributed by atoms with Crippen LogP contribution in [-0.4, -0.2) is 44.8 Å². The SMILES string of the molecule is COc1c2c(cc3c1C(CC(=O)C=Cc1ccco1)[N+](C)(C)CC3)OCO2.[I-]. The van der Waals surface area contributed by atoms with Crippen LogP contribution in [0.5, 0.6) is 17.2 Å². The second-order valence-corrected chi connectivity index (χ2v) is 7.50. The molecule has 1 unspecified atom stereocenters. The van der Waals surface area contributed by atoms with Crippen LogP contribution in [0.2, 0.25) is 0 Å². The maximum atomic E-state index is 12.7. The zero-order valence-corrected chi connectivity index (χ0v) is 18.4. The molecule has 1 aromatic carbocycles. The van der Waals surface area contributed by atoms with Crippen molar-refractivity contribution in [3.8, 4) is 17.2 Å². The number of likely N-dealkylation sites (N-methyl/N-ethyl adjacent to an activating group) is 1. The van der Waals surface area contributed by atoms with E-state index in [0.29, 0.717) is 28.2 Å². The predicted molar refractivity (Wildman–Crippen MR) is 99.9 cm³/mol. The second kappa shape index (κ2) is 8.16. The lowest BCUT2D eigenvalue weighted by Crippen LogP contribution is -3.00. The Bertz CT molecular complexity index is 889. The number of halogens is 1. The summed E-state index contributed by atoms with van der Waals surface area (Å²) >= 11 is 0. The largest absolute Gasteiger partial charge is 1.00 e. The molecule has 150 valence electrons. The number of methoxy groups -OCH3 is 1. The van der Waals surface area contributed by atoms with Gasteiger partial charge in [-0.2, -0.15) is 0 Å². The number of carbonyl (C=O) groups is 1. The molecule has 0 aliphatic carbocycles. The van der Waals surface area contributed by atoms with Crippen LogP contribution in [-0.2, 0) is 11.2 Å². The molecule has 0 N–H and O–H groups in total. The molecule has 0 amide bonds. The van der Waals surface area contributed by atoms with Crippen molar-refractivity contribution >= 4 is 11.9 Å². The number of ketones is 1. The lowest BCUT2D eigenvalue weighted by atomic mass is 9.86. The van der Waals surface area contributed by atoms with Crippen molar-refractivity contribution in [3.63, 3.8) is 0 Å². The van der Waals surface area contributed by atoms with E-state index in [4.69, 9.17) is 18.6 Å². The number of quaternary nitrogens is 1. The lowest BCUT2D eigenvalue weighted by Gasteiger charge is -2.43. The third-order valence-electron chi connectivity index (χ3n) is 5.45. The van der Waals surface area contributed by atoms with Crippen molar-refractivity contribution in [2.75, 3.05) is 34.5 Å². The normalized spacial score (nSPS) is 19.2. The van der Waals surface area contributed by atoms with Gasteiger partial charge in [-0.15, -0.1) is 0 Å². The van der Waals surface area contributed by atoms with Gasteiger partial charge in [0.05, 0.1) is 46.0 Å². The third-order valence-corrected chi connectivity index (χ3v) is 5.45. The van der Waals surface area contributed by atoms with E-state index in [0.717, 1.165) is 24.3 Å². The smallest absolute Gasteiger partial charge is 0.231 e. The summed E-state index contributed by atoms with van der Waals surface area (Å²) in [5, 5.41) is 0. The van der Waals surface area contributed by atoms with Gasteiger partial charge in [-0.05, 0) is 35.9 Å². The van der Waals surface area contributed by atoms with Crippen molar-refractivity contribution in [3.05, 3.63) is 47.4 Å². The van der Waals surface area contributed by atoms with Gasteiger partial charge in [0.15, 0.2) is 17.3 Å². The Kier molecular flexibility index (Phi) is 6.04. The summed E-state index contributed by atoms with van der Waals surface area (Å²) in [6.07, 6.45) is 6.18. The van der Waals surface area contributed by atoms with Crippen molar-refractivity contribution in [1.82, 2.24) is 0 Å². The van der Waals surface area contributed by atoms with Crippen molar-refractivity contribution in [2.45, 2.75) is 18.9 Å². The molecular formula is C21H24INO5. The summed E-state index contributed by atoms with van der Waals surface area (Å²) in [7, 11) is 5.95. The third kappa shape index (κ3) is 3.77. The van der Waals surface area contributed by atoms with E-state index in [1.54, 1.807) is 31.6 Å². The first kappa shape index (κ1) is 20.7. The monoisotopic (exact) mass is 497 g/mol. The molecule has 0 spiro atoms. The van der Waals surface area contributed by atoms with Crippen molar-refractivity contribution in [2.24, 2.45) is 0 Å². The summed E-state index contributed by atoms with van der Waals surface area (Å²) in [5.41, 5.74) is 2.22. The van der Waals surface area contributed by atoms with E-state index in [2.05, 4.69) is 14.1 Å². The van der Waals surface area contributed by atoms with Gasteiger partial charge in [0, 0.05) is 6.42 Å². The first-order valence-corrected chi connectivity index (χ1v) is 9.06. The molecule has 0 saturated carbocycles. The minimum atomic E-state index is -0.0213. The number of rotatable bonds is 5. The molecule has 2 aliphatic rings. The fourth-order valence-corrected chi connectivity index (χ4v) is 3.94. The quantitative estimate of drug-likeness (QED) is 0.340. The molecular weight excluding hydrogens is 473 g/mol. The molecule has 0 fully saturated rings. The van der Waals surface area contributed by atoms with Gasteiger partial charge in [0.2, 0.25) is 12.5 Å². The minimum absolute atomic E-state index is 0. The highest BCUT2D eigenvalue weighted by atomic mass is 127. The number of hydrogen-bond acceptors (Lipinski definition) is 5. The van der Waals surface area contributed by atoms with E-state index >= 15 is 0 Å². The number of furan rings is 1. The molecule has 0 bridgehead atoms. The average Bonchev–Trinajstić information content (AvgIpc) is 3.32. The van der Waals surface area contributed by atoms with E-state index < -0.39 is 0 Å². The number of ether oxygens (including phenoxy) is 3. The van der Waals surface area contributed by atoms with Crippen LogP contribution in [0.4, 0.5) is 0 Å². The first-order chi connectivity index (χ1) is 13.0. The molecule has 1 aromatic heterocycles. The van der Waals surface area contributed by atoms with Gasteiger partial charge in [0.1, 0.15) is 11.8 Å². The van der Waals surface area contributed by atoms with Crippen LogP contribution >= 0.6 is 0 Å². The van der Waals surface area contributed by atoms with Crippen LogP contribution in [0, 0.1) is 0 Å². The standard InChI is InChI=1S/C21H24NO5.HI/c1-22(2)9-8-14-11-18-20(27-13-26-18)21(24-3)19(14)17(22)12-15(23)6-7-16-5-4-10-25-16;/h4-7,10-11,17H,8-9,12-13H2,1-3H3;1H/q+1;/p-1. The number of carbonyl (C=O) groups excluding carboxylic acids is 1. The molecule has 4 rings (SSSR count). The topological polar surface area (TPSA) is 57.9 Å². The highest BCUT2D eigenvalue weighted by molar-refractivity contribution is 5.93. The molecule has 0 saturated heterocycles. The fraction of sp³-hybridized carbons (Fsp3) is 0.381. The van der Waals surface area contributed by atoms with Gasteiger partial charge >= 0.3 is 0 Å². The highest BCUT2D eigenvalue weighted by Gasteiger charge is 2.41. The van der Waals surface area contributed by atoms with E-state index in [9.17, 15) is 4.79 Å². The highest BCUT2D eigenvalue weighted by Crippen LogP contribution is 2.51. The van der Waals surface area contributed by atoms with E-state index in [1.165, 1.54) is 5.56 Å². The second-order valence-electron chi connectivity index (χ2n) is 7.50. The van der Waals surface area contributed by atoms with Gasteiger partial charge in [0.25, 0.3) is 0 Å². The number of nitrogens with zero attached hydrogens (tertiary/aromatic N) is 1. The van der Waals surface area contributed by atoms with Gasteiger partial charge in [-0.25, -0.2) is 0 Å². The number of fused-ring (bicyclic) bond motifs is 2. The summed E-state index contributed by atoms with van der Waals surface area (Å²) in [6, 6.07) is 5.64. The molecule has 28 heavy (non-hydrogen) atoms. The Hall–Kier alpha value is -2.00. The van der Waals surface area contributed by atoms with Gasteiger partial charge < -0.3 is 47.1 Å². The molecule has 2 aromatic rings. The molecule has 7 heteroatoms.